The zero-order chi connectivity index (χ0) is 17.1. The summed E-state index contributed by atoms with van der Waals surface area (Å²) in [4.78, 5) is 24.0. The molecule has 2 aromatic rings. The second-order valence-corrected chi connectivity index (χ2v) is 6.18. The molecule has 3 rings (SSSR count). The number of nitrogens with one attached hydrogen (secondary N) is 1. The van der Waals surface area contributed by atoms with Crippen LogP contribution in [0.5, 0.6) is 0 Å². The van der Waals surface area contributed by atoms with Crippen molar-refractivity contribution in [3.63, 3.8) is 0 Å². The third kappa shape index (κ3) is 3.28. The molecule has 0 radical (unpaired) electrons. The Hall–Kier alpha value is -2.34. The van der Waals surface area contributed by atoms with Crippen LogP contribution in [0, 0.1) is 5.92 Å². The predicted molar refractivity (Wildman–Crippen MR) is 91.6 cm³/mol. The van der Waals surface area contributed by atoms with Crippen molar-refractivity contribution in [2.45, 2.75) is 25.3 Å². The van der Waals surface area contributed by atoms with E-state index in [1.807, 2.05) is 18.2 Å². The highest BCUT2D eigenvalue weighted by molar-refractivity contribution is 6.33. The second kappa shape index (κ2) is 7.05. The number of nitrogens with zero attached hydrogens (tertiary/aromatic N) is 2. The van der Waals surface area contributed by atoms with Gasteiger partial charge in [0.05, 0.1) is 30.6 Å². The minimum absolute atomic E-state index is 0.0698. The average molecular weight is 348 g/mol. The third-order valence-corrected chi connectivity index (χ3v) is 4.61. The van der Waals surface area contributed by atoms with Gasteiger partial charge in [-0.25, -0.2) is 0 Å². The molecule has 0 unspecified atom stereocenters. The van der Waals surface area contributed by atoms with Crippen LogP contribution in [0.25, 0.3) is 5.69 Å². The summed E-state index contributed by atoms with van der Waals surface area (Å²) in [6.45, 7) is 0. The lowest BCUT2D eigenvalue weighted by atomic mass is 10.1. The molecule has 1 fully saturated rings. The molecular weight excluding hydrogens is 330 g/mol. The highest BCUT2D eigenvalue weighted by Crippen LogP contribution is 2.30. The summed E-state index contributed by atoms with van der Waals surface area (Å²) in [5.41, 5.74) is 0.766. The Labute approximate surface area is 144 Å². The van der Waals surface area contributed by atoms with Crippen molar-refractivity contribution >= 4 is 23.3 Å². The van der Waals surface area contributed by atoms with Gasteiger partial charge in [-0.3, -0.25) is 9.59 Å². The lowest BCUT2D eigenvalue weighted by Gasteiger charge is -2.15. The summed E-state index contributed by atoms with van der Waals surface area (Å²) in [7, 11) is 1.40. The van der Waals surface area contributed by atoms with Gasteiger partial charge in [-0.05, 0) is 31.4 Å². The van der Waals surface area contributed by atoms with E-state index in [2.05, 4.69) is 10.4 Å². The molecule has 2 atom stereocenters. The maximum Gasteiger partial charge on any atom is 0.308 e. The smallest absolute Gasteiger partial charge is 0.308 e. The van der Waals surface area contributed by atoms with E-state index in [0.717, 1.165) is 12.8 Å². The van der Waals surface area contributed by atoms with E-state index in [4.69, 9.17) is 16.3 Å². The normalized spacial score (nSPS) is 19.9. The van der Waals surface area contributed by atoms with Gasteiger partial charge in [-0.1, -0.05) is 29.8 Å². The quantitative estimate of drug-likeness (QED) is 0.861. The van der Waals surface area contributed by atoms with Gasteiger partial charge in [0.25, 0.3) is 5.56 Å². The zero-order valence-corrected chi connectivity index (χ0v) is 14.0. The average Bonchev–Trinajstić information content (AvgIpc) is 3.08. The number of ether oxygens (including phenoxy) is 1. The van der Waals surface area contributed by atoms with E-state index >= 15 is 0 Å². The number of halogens is 1. The van der Waals surface area contributed by atoms with Crippen LogP contribution in [0.2, 0.25) is 5.02 Å². The Kier molecular flexibility index (Phi) is 4.85. The minimum Gasteiger partial charge on any atom is -0.469 e. The van der Waals surface area contributed by atoms with Gasteiger partial charge in [0.1, 0.15) is 5.02 Å². The number of methoxy groups -OCH3 is 1. The Bertz CT molecular complexity index is 791. The predicted octanol–water partition coefficient (Wildman–Crippen LogP) is 2.64. The van der Waals surface area contributed by atoms with E-state index in [1.54, 1.807) is 18.3 Å². The molecule has 0 spiro atoms. The molecule has 0 saturated heterocycles. The molecule has 6 nitrogen and oxygen atoms in total. The topological polar surface area (TPSA) is 73.2 Å². The van der Waals surface area contributed by atoms with Crippen LogP contribution >= 0.6 is 11.6 Å². The molecule has 0 amide bonds. The summed E-state index contributed by atoms with van der Waals surface area (Å²) in [5, 5.41) is 7.50. The van der Waals surface area contributed by atoms with Gasteiger partial charge in [-0.2, -0.15) is 9.78 Å². The van der Waals surface area contributed by atoms with Crippen LogP contribution in [-0.2, 0) is 9.53 Å². The summed E-state index contributed by atoms with van der Waals surface area (Å²) in [6.07, 6.45) is 3.78. The first-order valence-electron chi connectivity index (χ1n) is 7.77. The van der Waals surface area contributed by atoms with Crippen molar-refractivity contribution in [1.82, 2.24) is 9.78 Å². The first-order chi connectivity index (χ1) is 11.6. The lowest BCUT2D eigenvalue weighted by Crippen LogP contribution is -2.25. The Morgan fingerprint density at radius 1 is 1.33 bits per heavy atom. The number of anilines is 1. The van der Waals surface area contributed by atoms with Gasteiger partial charge in [0.15, 0.2) is 0 Å². The van der Waals surface area contributed by atoms with Crippen molar-refractivity contribution in [3.8, 4) is 5.69 Å². The third-order valence-electron chi connectivity index (χ3n) is 4.25. The maximum absolute atomic E-state index is 12.4. The molecule has 1 aliphatic rings. The molecule has 1 heterocycles. The van der Waals surface area contributed by atoms with Crippen molar-refractivity contribution in [2.75, 3.05) is 12.4 Å². The minimum atomic E-state index is -0.379. The number of rotatable bonds is 4. The number of esters is 1. The summed E-state index contributed by atoms with van der Waals surface area (Å²) in [5.74, 6) is -0.299. The van der Waals surface area contributed by atoms with E-state index in [-0.39, 0.29) is 28.5 Å². The molecule has 1 saturated carbocycles. The van der Waals surface area contributed by atoms with Gasteiger partial charge >= 0.3 is 5.97 Å². The van der Waals surface area contributed by atoms with Crippen LogP contribution in [0.4, 0.5) is 5.69 Å². The Balaban J connectivity index is 1.78. The Morgan fingerprint density at radius 3 is 2.79 bits per heavy atom. The highest BCUT2D eigenvalue weighted by Gasteiger charge is 2.31. The van der Waals surface area contributed by atoms with Crippen molar-refractivity contribution in [3.05, 3.63) is 51.9 Å². The standard InChI is InChI=1S/C17H18ClN3O3/c1-24-17(23)11-7-8-12(9-11)20-14-10-19-21(16(22)15(14)18)13-5-3-2-4-6-13/h2-6,10-12,20H,7-9H2,1H3/t11-,12+/m0/s1. The van der Waals surface area contributed by atoms with E-state index in [0.29, 0.717) is 17.8 Å². The van der Waals surface area contributed by atoms with E-state index in [1.165, 1.54) is 11.8 Å². The molecule has 1 aliphatic carbocycles. The first-order valence-corrected chi connectivity index (χ1v) is 8.15. The SMILES string of the molecule is COC(=O)[C@H]1CC[C@@H](Nc2cnn(-c3ccccc3)c(=O)c2Cl)C1. The number of carbonyl (C=O) groups is 1. The van der Waals surface area contributed by atoms with E-state index < -0.39 is 0 Å². The van der Waals surface area contributed by atoms with Gasteiger partial charge < -0.3 is 10.1 Å². The van der Waals surface area contributed by atoms with Crippen molar-refractivity contribution in [1.29, 1.82) is 0 Å². The largest absolute Gasteiger partial charge is 0.469 e. The summed E-state index contributed by atoms with van der Waals surface area (Å²) < 4.78 is 6.05. The molecule has 0 bridgehead atoms. The molecular formula is C17H18ClN3O3. The molecule has 1 aromatic carbocycles. The van der Waals surface area contributed by atoms with Crippen LogP contribution in [0.3, 0.4) is 0 Å². The fraction of sp³-hybridized carbons (Fsp3) is 0.353. The van der Waals surface area contributed by atoms with Crippen LogP contribution in [0.15, 0.2) is 41.3 Å². The molecule has 24 heavy (non-hydrogen) atoms. The number of para-hydroxylation sites is 1. The van der Waals surface area contributed by atoms with Gasteiger partial charge in [0, 0.05) is 6.04 Å². The van der Waals surface area contributed by atoms with Crippen molar-refractivity contribution in [2.24, 2.45) is 5.92 Å². The van der Waals surface area contributed by atoms with Crippen molar-refractivity contribution < 1.29 is 9.53 Å². The summed E-state index contributed by atoms with van der Waals surface area (Å²) >= 11 is 6.23. The van der Waals surface area contributed by atoms with Crippen LogP contribution < -0.4 is 10.9 Å². The Morgan fingerprint density at radius 2 is 2.08 bits per heavy atom. The van der Waals surface area contributed by atoms with E-state index in [9.17, 15) is 9.59 Å². The lowest BCUT2D eigenvalue weighted by molar-refractivity contribution is -0.145. The second-order valence-electron chi connectivity index (χ2n) is 5.80. The van der Waals surface area contributed by atoms with Gasteiger partial charge in [0.2, 0.25) is 0 Å². The first kappa shape index (κ1) is 16.5. The monoisotopic (exact) mass is 347 g/mol. The fourth-order valence-electron chi connectivity index (χ4n) is 3.00. The molecule has 1 aromatic heterocycles. The number of benzene rings is 1. The number of carbonyl (C=O) groups excluding carboxylic acids is 1. The maximum atomic E-state index is 12.4. The number of hydrogen-bond donors (Lipinski definition) is 1. The number of hydrogen-bond acceptors (Lipinski definition) is 5. The van der Waals surface area contributed by atoms with Crippen LogP contribution in [-0.4, -0.2) is 28.9 Å². The highest BCUT2D eigenvalue weighted by atomic mass is 35.5. The fourth-order valence-corrected chi connectivity index (χ4v) is 3.18. The number of aromatic nitrogens is 2. The summed E-state index contributed by atoms with van der Waals surface area (Å²) in [6, 6.07) is 9.17. The molecule has 0 aliphatic heterocycles. The molecule has 1 N–H and O–H groups in total. The van der Waals surface area contributed by atoms with Crippen LogP contribution in [0.1, 0.15) is 19.3 Å². The molecule has 126 valence electrons. The van der Waals surface area contributed by atoms with Gasteiger partial charge in [-0.15, -0.1) is 0 Å². The molecule has 7 heteroatoms. The zero-order valence-electron chi connectivity index (χ0n) is 13.2.